The molecule has 1 aromatic rings. The van der Waals surface area contributed by atoms with Gasteiger partial charge < -0.3 is 0 Å². The van der Waals surface area contributed by atoms with Crippen molar-refractivity contribution in [2.45, 2.75) is 17.1 Å². The number of nitrogens with zero attached hydrogens (tertiary/aromatic N) is 2. The molecule has 1 aromatic carbocycles. The van der Waals surface area contributed by atoms with Crippen LogP contribution in [0.5, 0.6) is 0 Å². The number of hydrogen-bond acceptors (Lipinski definition) is 5. The first-order valence-corrected chi connectivity index (χ1v) is 9.18. The van der Waals surface area contributed by atoms with E-state index in [9.17, 15) is 16.8 Å². The van der Waals surface area contributed by atoms with E-state index < -0.39 is 25.1 Å². The van der Waals surface area contributed by atoms with Crippen molar-refractivity contribution in [3.63, 3.8) is 0 Å². The number of sulfone groups is 1. The number of rotatable bonds is 4. The van der Waals surface area contributed by atoms with Crippen molar-refractivity contribution in [2.24, 2.45) is 0 Å². The van der Waals surface area contributed by atoms with Crippen molar-refractivity contribution in [2.75, 3.05) is 18.8 Å². The molecule has 0 aromatic heterocycles. The molecule has 20 heavy (non-hydrogen) atoms. The second-order valence-corrected chi connectivity index (χ2v) is 9.04. The Bertz CT molecular complexity index is 740. The summed E-state index contributed by atoms with van der Waals surface area (Å²) in [7, 11) is -6.87. The maximum atomic E-state index is 12.2. The van der Waals surface area contributed by atoms with E-state index in [1.165, 1.54) is 24.3 Å². The van der Waals surface area contributed by atoms with Crippen molar-refractivity contribution < 1.29 is 16.8 Å². The van der Waals surface area contributed by atoms with E-state index in [1.54, 1.807) is 6.92 Å². The second kappa shape index (κ2) is 5.16. The fourth-order valence-corrected chi connectivity index (χ4v) is 4.92. The van der Waals surface area contributed by atoms with E-state index in [1.807, 2.05) is 6.07 Å². The maximum Gasteiger partial charge on any atom is 0.243 e. The van der Waals surface area contributed by atoms with Crippen molar-refractivity contribution in [1.82, 2.24) is 4.31 Å². The average Bonchev–Trinajstić information content (AvgIpc) is 2.36. The molecular formula is C12H14N2O4S2. The third kappa shape index (κ3) is 2.57. The van der Waals surface area contributed by atoms with Gasteiger partial charge in [0.05, 0.1) is 21.8 Å². The lowest BCUT2D eigenvalue weighted by Crippen LogP contribution is -2.57. The quantitative estimate of drug-likeness (QED) is 0.800. The fraction of sp³-hybridized carbons (Fsp3) is 0.417. The molecule has 108 valence electrons. The highest BCUT2D eigenvalue weighted by molar-refractivity contribution is 7.92. The molecule has 1 aliphatic rings. The first kappa shape index (κ1) is 15.0. The van der Waals surface area contributed by atoms with Crippen LogP contribution in [-0.2, 0) is 19.9 Å². The van der Waals surface area contributed by atoms with E-state index in [0.717, 1.165) is 4.31 Å². The van der Waals surface area contributed by atoms with Gasteiger partial charge in [0.15, 0.2) is 9.84 Å². The summed E-state index contributed by atoms with van der Waals surface area (Å²) >= 11 is 0. The van der Waals surface area contributed by atoms with Crippen molar-refractivity contribution in [3.8, 4) is 6.07 Å². The largest absolute Gasteiger partial charge is 0.243 e. The zero-order chi connectivity index (χ0) is 15.0. The molecule has 0 radical (unpaired) electrons. The molecular weight excluding hydrogens is 300 g/mol. The molecule has 8 heteroatoms. The zero-order valence-corrected chi connectivity index (χ0v) is 12.5. The number of sulfonamides is 1. The van der Waals surface area contributed by atoms with Crippen LogP contribution in [0.15, 0.2) is 29.2 Å². The minimum Gasteiger partial charge on any atom is -0.228 e. The number of hydrogen-bond donors (Lipinski definition) is 0. The van der Waals surface area contributed by atoms with Gasteiger partial charge in [0, 0.05) is 18.8 Å². The van der Waals surface area contributed by atoms with Crippen LogP contribution in [0.4, 0.5) is 0 Å². The molecule has 2 rings (SSSR count). The molecule has 0 N–H and O–H groups in total. The van der Waals surface area contributed by atoms with Gasteiger partial charge in [0.2, 0.25) is 10.0 Å². The SMILES string of the molecule is CCS(=O)(=O)C1CN(S(=O)(=O)c2ccc(C#N)cc2)C1. The monoisotopic (exact) mass is 314 g/mol. The lowest BCUT2D eigenvalue weighted by molar-refractivity contribution is 0.310. The van der Waals surface area contributed by atoms with E-state index in [2.05, 4.69) is 0 Å². The fourth-order valence-electron chi connectivity index (χ4n) is 1.91. The van der Waals surface area contributed by atoms with Gasteiger partial charge in [0.1, 0.15) is 0 Å². The second-order valence-electron chi connectivity index (χ2n) is 4.53. The minimum atomic E-state index is -3.67. The Balaban J connectivity index is 2.16. The molecule has 0 amide bonds. The highest BCUT2D eigenvalue weighted by atomic mass is 32.2. The number of benzene rings is 1. The van der Waals surface area contributed by atoms with Gasteiger partial charge in [-0.25, -0.2) is 16.8 Å². The lowest BCUT2D eigenvalue weighted by atomic mass is 10.2. The van der Waals surface area contributed by atoms with Crippen molar-refractivity contribution in [3.05, 3.63) is 29.8 Å². The summed E-state index contributed by atoms with van der Waals surface area (Å²) in [5.74, 6) is 0.0163. The Morgan fingerprint density at radius 1 is 1.20 bits per heavy atom. The molecule has 1 saturated heterocycles. The van der Waals surface area contributed by atoms with Gasteiger partial charge in [0.25, 0.3) is 0 Å². The van der Waals surface area contributed by atoms with Gasteiger partial charge in [-0.1, -0.05) is 6.92 Å². The molecule has 0 bridgehead atoms. The van der Waals surface area contributed by atoms with Crippen molar-refractivity contribution in [1.29, 1.82) is 5.26 Å². The Kier molecular flexibility index (Phi) is 3.86. The molecule has 0 spiro atoms. The normalized spacial score (nSPS) is 17.4. The molecule has 1 heterocycles. The topological polar surface area (TPSA) is 95.3 Å². The van der Waals surface area contributed by atoms with Gasteiger partial charge in [-0.15, -0.1) is 0 Å². The van der Waals surface area contributed by atoms with E-state index in [0.29, 0.717) is 5.56 Å². The van der Waals surface area contributed by atoms with Crippen LogP contribution >= 0.6 is 0 Å². The van der Waals surface area contributed by atoms with Gasteiger partial charge in [-0.05, 0) is 24.3 Å². The molecule has 0 unspecified atom stereocenters. The smallest absolute Gasteiger partial charge is 0.228 e. The summed E-state index contributed by atoms with van der Waals surface area (Å²) in [4.78, 5) is 0.0730. The Labute approximate surface area is 118 Å². The maximum absolute atomic E-state index is 12.2. The van der Waals surface area contributed by atoms with Crippen LogP contribution in [0.3, 0.4) is 0 Å². The molecule has 0 saturated carbocycles. The van der Waals surface area contributed by atoms with Crippen LogP contribution in [-0.4, -0.2) is 45.2 Å². The van der Waals surface area contributed by atoms with Crippen LogP contribution in [0, 0.1) is 11.3 Å². The zero-order valence-electron chi connectivity index (χ0n) is 10.9. The van der Waals surface area contributed by atoms with E-state index in [4.69, 9.17) is 5.26 Å². The van der Waals surface area contributed by atoms with Gasteiger partial charge in [-0.2, -0.15) is 9.57 Å². The third-order valence-electron chi connectivity index (χ3n) is 3.35. The van der Waals surface area contributed by atoms with Crippen LogP contribution in [0.2, 0.25) is 0 Å². The first-order chi connectivity index (χ1) is 9.31. The predicted molar refractivity (Wildman–Crippen MR) is 73.2 cm³/mol. The molecule has 1 aliphatic heterocycles. The predicted octanol–water partition coefficient (Wildman–Crippen LogP) is 0.366. The average molecular weight is 314 g/mol. The van der Waals surface area contributed by atoms with Crippen LogP contribution < -0.4 is 0 Å². The molecule has 1 fully saturated rings. The van der Waals surface area contributed by atoms with E-state index in [-0.39, 0.29) is 23.7 Å². The van der Waals surface area contributed by atoms with E-state index >= 15 is 0 Å². The van der Waals surface area contributed by atoms with Crippen molar-refractivity contribution >= 4 is 19.9 Å². The summed E-state index contributed by atoms with van der Waals surface area (Å²) in [5, 5.41) is 8.06. The molecule has 0 atom stereocenters. The van der Waals surface area contributed by atoms with Gasteiger partial charge >= 0.3 is 0 Å². The summed E-state index contributed by atoms with van der Waals surface area (Å²) < 4.78 is 48.8. The Morgan fingerprint density at radius 3 is 2.20 bits per heavy atom. The minimum absolute atomic E-state index is 0.00148. The van der Waals surface area contributed by atoms with Crippen LogP contribution in [0.25, 0.3) is 0 Å². The lowest BCUT2D eigenvalue weighted by Gasteiger charge is -2.37. The Morgan fingerprint density at radius 2 is 1.75 bits per heavy atom. The third-order valence-corrected chi connectivity index (χ3v) is 7.31. The first-order valence-electron chi connectivity index (χ1n) is 6.03. The summed E-state index contributed by atoms with van der Waals surface area (Å²) in [6.45, 7) is 1.55. The Hall–Kier alpha value is -1.43. The standard InChI is InChI=1S/C12H14N2O4S2/c1-2-19(15,16)12-8-14(9-12)20(17,18)11-5-3-10(7-13)4-6-11/h3-6,12H,2,8-9H2,1H3. The molecule has 6 nitrogen and oxygen atoms in total. The van der Waals surface area contributed by atoms with Gasteiger partial charge in [-0.3, -0.25) is 0 Å². The summed E-state index contributed by atoms with van der Waals surface area (Å²) in [6.07, 6.45) is 0. The highest BCUT2D eigenvalue weighted by Crippen LogP contribution is 2.25. The molecule has 0 aliphatic carbocycles. The summed E-state index contributed by atoms with van der Waals surface area (Å²) in [5.41, 5.74) is 0.374. The highest BCUT2D eigenvalue weighted by Gasteiger charge is 2.42. The number of nitriles is 1. The van der Waals surface area contributed by atoms with Crippen LogP contribution in [0.1, 0.15) is 12.5 Å². The summed E-state index contributed by atoms with van der Waals surface area (Å²) in [6, 6.07) is 7.47.